The highest BCUT2D eigenvalue weighted by molar-refractivity contribution is 7.13. The van der Waals surface area contributed by atoms with Gasteiger partial charge in [-0.15, -0.1) is 11.3 Å². The van der Waals surface area contributed by atoms with Gasteiger partial charge in [0.2, 0.25) is 0 Å². The van der Waals surface area contributed by atoms with Gasteiger partial charge in [0.15, 0.2) is 5.13 Å². The molecule has 0 amide bonds. The third-order valence-corrected chi connectivity index (χ3v) is 4.09. The Bertz CT molecular complexity index is 407. The van der Waals surface area contributed by atoms with E-state index in [9.17, 15) is 4.79 Å². The highest BCUT2D eigenvalue weighted by atomic mass is 32.1. The van der Waals surface area contributed by atoms with E-state index in [1.165, 1.54) is 6.42 Å². The highest BCUT2D eigenvalue weighted by Gasteiger charge is 2.05. The number of carboxylic acids is 1. The third kappa shape index (κ3) is 6.86. The summed E-state index contributed by atoms with van der Waals surface area (Å²) in [5.74, 6) is -0.776. The summed E-state index contributed by atoms with van der Waals surface area (Å²) < 4.78 is 0. The number of aromatic nitrogens is 1. The molecular weight excluding hydrogens is 274 g/mol. The molecule has 0 saturated carbocycles. The van der Waals surface area contributed by atoms with Crippen LogP contribution in [-0.4, -0.2) is 47.1 Å². The SMILES string of the molecule is CC(C)N(C)CCCCNc1nc(CCC(=O)O)cs1. The summed E-state index contributed by atoms with van der Waals surface area (Å²) in [5.41, 5.74) is 0.861. The molecule has 0 bridgehead atoms. The van der Waals surface area contributed by atoms with Crippen molar-refractivity contribution in [1.82, 2.24) is 9.88 Å². The molecule has 0 aliphatic carbocycles. The monoisotopic (exact) mass is 299 g/mol. The van der Waals surface area contributed by atoms with Crippen LogP contribution >= 0.6 is 11.3 Å². The Kier molecular flexibility index (Phi) is 7.54. The van der Waals surface area contributed by atoms with Crippen LogP contribution < -0.4 is 5.32 Å². The van der Waals surface area contributed by atoms with Crippen molar-refractivity contribution < 1.29 is 9.90 Å². The number of aliphatic carboxylic acids is 1. The molecule has 0 saturated heterocycles. The lowest BCUT2D eigenvalue weighted by molar-refractivity contribution is -0.136. The van der Waals surface area contributed by atoms with Crippen molar-refractivity contribution in [3.8, 4) is 0 Å². The van der Waals surface area contributed by atoms with Gasteiger partial charge in [0, 0.05) is 24.4 Å². The first-order valence-electron chi connectivity index (χ1n) is 7.09. The molecule has 0 aliphatic rings. The molecule has 0 spiro atoms. The number of carbonyl (C=O) groups is 1. The predicted molar refractivity (Wildman–Crippen MR) is 83.6 cm³/mol. The number of unbranched alkanes of at least 4 members (excludes halogenated alkanes) is 1. The van der Waals surface area contributed by atoms with Gasteiger partial charge < -0.3 is 15.3 Å². The molecule has 0 radical (unpaired) electrons. The van der Waals surface area contributed by atoms with Gasteiger partial charge in [-0.3, -0.25) is 4.79 Å². The topological polar surface area (TPSA) is 65.5 Å². The maximum Gasteiger partial charge on any atom is 0.303 e. The molecular formula is C14H25N3O2S. The van der Waals surface area contributed by atoms with E-state index in [1.807, 2.05) is 5.38 Å². The van der Waals surface area contributed by atoms with Crippen LogP contribution in [-0.2, 0) is 11.2 Å². The average Bonchev–Trinajstić information content (AvgIpc) is 2.83. The van der Waals surface area contributed by atoms with Crippen LogP contribution in [0, 0.1) is 0 Å². The lowest BCUT2D eigenvalue weighted by Crippen LogP contribution is -2.27. The van der Waals surface area contributed by atoms with Gasteiger partial charge in [-0.25, -0.2) is 4.98 Å². The summed E-state index contributed by atoms with van der Waals surface area (Å²) in [7, 11) is 2.15. The van der Waals surface area contributed by atoms with Crippen LogP contribution in [0.1, 0.15) is 38.8 Å². The fraction of sp³-hybridized carbons (Fsp3) is 0.714. The van der Waals surface area contributed by atoms with Crippen molar-refractivity contribution in [1.29, 1.82) is 0 Å². The standard InChI is InChI=1S/C14H25N3O2S/c1-11(2)17(3)9-5-4-8-15-14-16-12(10-20-14)6-7-13(18)19/h10-11H,4-9H2,1-3H3,(H,15,16)(H,18,19). The molecule has 1 heterocycles. The Balaban J connectivity index is 2.14. The van der Waals surface area contributed by atoms with Crippen LogP contribution in [0.5, 0.6) is 0 Å². The van der Waals surface area contributed by atoms with Gasteiger partial charge in [-0.1, -0.05) is 0 Å². The number of thiazole rings is 1. The van der Waals surface area contributed by atoms with E-state index in [2.05, 4.69) is 36.1 Å². The number of hydrogen-bond donors (Lipinski definition) is 2. The van der Waals surface area contributed by atoms with Crippen LogP contribution in [0.15, 0.2) is 5.38 Å². The van der Waals surface area contributed by atoms with Gasteiger partial charge in [0.25, 0.3) is 0 Å². The van der Waals surface area contributed by atoms with Crippen LogP contribution in [0.3, 0.4) is 0 Å². The second kappa shape index (κ2) is 8.92. The van der Waals surface area contributed by atoms with Crippen LogP contribution in [0.4, 0.5) is 5.13 Å². The lowest BCUT2D eigenvalue weighted by Gasteiger charge is -2.20. The van der Waals surface area contributed by atoms with Gasteiger partial charge in [0.1, 0.15) is 0 Å². The molecule has 1 aromatic rings. The van der Waals surface area contributed by atoms with Crippen molar-refractivity contribution in [2.45, 2.75) is 45.6 Å². The fourth-order valence-electron chi connectivity index (χ4n) is 1.68. The minimum atomic E-state index is -0.776. The molecule has 20 heavy (non-hydrogen) atoms. The first-order valence-corrected chi connectivity index (χ1v) is 7.97. The third-order valence-electron chi connectivity index (χ3n) is 3.24. The van der Waals surface area contributed by atoms with E-state index in [0.29, 0.717) is 12.5 Å². The Morgan fingerprint density at radius 2 is 2.25 bits per heavy atom. The maximum absolute atomic E-state index is 10.5. The molecule has 2 N–H and O–H groups in total. The largest absolute Gasteiger partial charge is 0.481 e. The Morgan fingerprint density at radius 1 is 1.50 bits per heavy atom. The van der Waals surface area contributed by atoms with Crippen molar-refractivity contribution in [3.05, 3.63) is 11.1 Å². The molecule has 0 atom stereocenters. The van der Waals surface area contributed by atoms with Crippen molar-refractivity contribution in [3.63, 3.8) is 0 Å². The Labute approximate surface area is 125 Å². The van der Waals surface area contributed by atoms with Gasteiger partial charge in [0.05, 0.1) is 12.1 Å². The molecule has 0 unspecified atom stereocenters. The van der Waals surface area contributed by atoms with E-state index in [1.54, 1.807) is 11.3 Å². The van der Waals surface area contributed by atoms with E-state index >= 15 is 0 Å². The zero-order valence-corrected chi connectivity index (χ0v) is 13.4. The van der Waals surface area contributed by atoms with E-state index < -0.39 is 5.97 Å². The fourth-order valence-corrected chi connectivity index (χ4v) is 2.45. The number of rotatable bonds is 10. The van der Waals surface area contributed by atoms with Crippen molar-refractivity contribution in [2.75, 3.05) is 25.5 Å². The summed E-state index contributed by atoms with van der Waals surface area (Å²) in [6.45, 7) is 6.43. The van der Waals surface area contributed by atoms with E-state index in [-0.39, 0.29) is 6.42 Å². The molecule has 1 rings (SSSR count). The normalized spacial score (nSPS) is 11.2. The number of nitrogens with zero attached hydrogens (tertiary/aromatic N) is 2. The summed E-state index contributed by atoms with van der Waals surface area (Å²) >= 11 is 1.54. The number of nitrogens with one attached hydrogen (secondary N) is 1. The Hall–Kier alpha value is -1.14. The summed E-state index contributed by atoms with van der Waals surface area (Å²) in [4.78, 5) is 17.2. The minimum Gasteiger partial charge on any atom is -0.481 e. The number of carboxylic acid groups (broad SMARTS) is 1. The number of aryl methyl sites for hydroxylation is 1. The first-order chi connectivity index (χ1) is 9.49. The average molecular weight is 299 g/mol. The molecule has 0 fully saturated rings. The Morgan fingerprint density at radius 3 is 2.90 bits per heavy atom. The van der Waals surface area contributed by atoms with Crippen LogP contribution in [0.25, 0.3) is 0 Å². The maximum atomic E-state index is 10.5. The second-order valence-corrected chi connectivity index (χ2v) is 6.10. The van der Waals surface area contributed by atoms with Crippen molar-refractivity contribution >= 4 is 22.4 Å². The predicted octanol–water partition coefficient (Wildman–Crippen LogP) is 2.69. The number of hydrogen-bond acceptors (Lipinski definition) is 5. The lowest BCUT2D eigenvalue weighted by atomic mass is 10.2. The van der Waals surface area contributed by atoms with Gasteiger partial charge in [-0.2, -0.15) is 0 Å². The molecule has 1 aromatic heterocycles. The number of anilines is 1. The van der Waals surface area contributed by atoms with Gasteiger partial charge in [-0.05, 0) is 40.3 Å². The smallest absolute Gasteiger partial charge is 0.303 e. The second-order valence-electron chi connectivity index (χ2n) is 5.25. The quantitative estimate of drug-likeness (QED) is 0.650. The molecule has 5 nitrogen and oxygen atoms in total. The summed E-state index contributed by atoms with van der Waals surface area (Å²) in [6, 6.07) is 0.596. The van der Waals surface area contributed by atoms with E-state index in [0.717, 1.165) is 30.3 Å². The zero-order chi connectivity index (χ0) is 15.0. The molecule has 6 heteroatoms. The van der Waals surface area contributed by atoms with Crippen LogP contribution in [0.2, 0.25) is 0 Å². The molecule has 0 aliphatic heterocycles. The summed E-state index contributed by atoms with van der Waals surface area (Å²) in [6.07, 6.45) is 2.93. The minimum absolute atomic E-state index is 0.144. The van der Waals surface area contributed by atoms with E-state index in [4.69, 9.17) is 5.11 Å². The highest BCUT2D eigenvalue weighted by Crippen LogP contribution is 2.16. The first kappa shape index (κ1) is 16.9. The van der Waals surface area contributed by atoms with Crippen molar-refractivity contribution in [2.24, 2.45) is 0 Å². The van der Waals surface area contributed by atoms with Gasteiger partial charge >= 0.3 is 5.97 Å². The zero-order valence-electron chi connectivity index (χ0n) is 12.6. The molecule has 0 aromatic carbocycles. The summed E-state index contributed by atoms with van der Waals surface area (Å²) in [5, 5.41) is 14.7. The molecule has 114 valence electrons.